The Morgan fingerprint density at radius 2 is 2.05 bits per heavy atom. The maximum atomic E-state index is 13.0. The second-order valence-electron chi connectivity index (χ2n) is 4.46. The molecule has 2 aromatic carbocycles. The molecular formula is C16H16ClFO2. The van der Waals surface area contributed by atoms with E-state index in [1.165, 1.54) is 12.1 Å². The molecule has 0 fully saturated rings. The monoisotopic (exact) mass is 294 g/mol. The van der Waals surface area contributed by atoms with E-state index in [-0.39, 0.29) is 5.82 Å². The fourth-order valence-corrected chi connectivity index (χ4v) is 2.24. The first-order valence-electron chi connectivity index (χ1n) is 6.45. The minimum atomic E-state index is -0.710. The third-order valence-corrected chi connectivity index (χ3v) is 3.33. The van der Waals surface area contributed by atoms with Crippen LogP contribution in [-0.2, 0) is 6.42 Å². The van der Waals surface area contributed by atoms with Crippen LogP contribution in [0.1, 0.15) is 24.2 Å². The van der Waals surface area contributed by atoms with Gasteiger partial charge in [0.05, 0.1) is 12.7 Å². The molecule has 0 amide bonds. The topological polar surface area (TPSA) is 29.5 Å². The predicted octanol–water partition coefficient (Wildman–Crippen LogP) is 4.15. The van der Waals surface area contributed by atoms with Crippen LogP contribution in [0.3, 0.4) is 0 Å². The Hall–Kier alpha value is -1.58. The van der Waals surface area contributed by atoms with E-state index in [4.69, 9.17) is 16.3 Å². The number of hydrogen-bond acceptors (Lipinski definition) is 2. The lowest BCUT2D eigenvalue weighted by Crippen LogP contribution is -2.03. The maximum absolute atomic E-state index is 13.0. The summed E-state index contributed by atoms with van der Waals surface area (Å²) in [6, 6.07) is 11.5. The number of hydrogen-bond donors (Lipinski definition) is 1. The van der Waals surface area contributed by atoms with Crippen molar-refractivity contribution >= 4 is 11.6 Å². The summed E-state index contributed by atoms with van der Waals surface area (Å²) >= 11 is 5.97. The Balaban J connectivity index is 2.15. The zero-order valence-electron chi connectivity index (χ0n) is 11.1. The summed E-state index contributed by atoms with van der Waals surface area (Å²) in [5.41, 5.74) is 1.46. The van der Waals surface area contributed by atoms with Crippen LogP contribution < -0.4 is 4.74 Å². The summed E-state index contributed by atoms with van der Waals surface area (Å²) in [6.45, 7) is 2.48. The molecule has 0 heterocycles. The van der Waals surface area contributed by atoms with Crippen molar-refractivity contribution in [3.05, 3.63) is 64.4 Å². The van der Waals surface area contributed by atoms with Crippen LogP contribution in [0.15, 0.2) is 42.5 Å². The van der Waals surface area contributed by atoms with Crippen LogP contribution in [-0.4, -0.2) is 11.7 Å². The average molecular weight is 295 g/mol. The SMILES string of the molecule is CCOc1cccc(C(O)Cc2ccc(F)cc2Cl)c1. The largest absolute Gasteiger partial charge is 0.494 e. The third-order valence-electron chi connectivity index (χ3n) is 2.98. The van der Waals surface area contributed by atoms with E-state index in [1.54, 1.807) is 12.1 Å². The Morgan fingerprint density at radius 3 is 2.75 bits per heavy atom. The number of rotatable bonds is 5. The van der Waals surface area contributed by atoms with Gasteiger partial charge < -0.3 is 9.84 Å². The molecule has 4 heteroatoms. The third kappa shape index (κ3) is 3.71. The van der Waals surface area contributed by atoms with Gasteiger partial charge in [0.1, 0.15) is 11.6 Å². The molecule has 0 aliphatic carbocycles. The van der Waals surface area contributed by atoms with Gasteiger partial charge in [-0.2, -0.15) is 0 Å². The van der Waals surface area contributed by atoms with Crippen molar-refractivity contribution in [2.24, 2.45) is 0 Å². The normalized spacial score (nSPS) is 12.2. The Kier molecular flexibility index (Phi) is 4.99. The van der Waals surface area contributed by atoms with Crippen LogP contribution in [0.4, 0.5) is 4.39 Å². The van der Waals surface area contributed by atoms with Crippen molar-refractivity contribution in [3.8, 4) is 5.75 Å². The summed E-state index contributed by atoms with van der Waals surface area (Å²) in [7, 11) is 0. The van der Waals surface area contributed by atoms with Crippen LogP contribution in [0.5, 0.6) is 5.75 Å². The zero-order valence-corrected chi connectivity index (χ0v) is 11.9. The number of aliphatic hydroxyl groups excluding tert-OH is 1. The molecular weight excluding hydrogens is 279 g/mol. The molecule has 2 rings (SSSR count). The van der Waals surface area contributed by atoms with Crippen LogP contribution in [0.2, 0.25) is 5.02 Å². The van der Waals surface area contributed by atoms with Gasteiger partial charge in [0.2, 0.25) is 0 Å². The quantitative estimate of drug-likeness (QED) is 0.897. The lowest BCUT2D eigenvalue weighted by molar-refractivity contribution is 0.178. The van der Waals surface area contributed by atoms with Gasteiger partial charge in [-0.25, -0.2) is 4.39 Å². The predicted molar refractivity (Wildman–Crippen MR) is 77.7 cm³/mol. The van der Waals surface area contributed by atoms with Crippen molar-refractivity contribution in [2.75, 3.05) is 6.61 Å². The number of halogens is 2. The number of ether oxygens (including phenoxy) is 1. The van der Waals surface area contributed by atoms with E-state index in [9.17, 15) is 9.50 Å². The molecule has 0 saturated carbocycles. The summed E-state index contributed by atoms with van der Waals surface area (Å²) < 4.78 is 18.4. The van der Waals surface area contributed by atoms with Crippen molar-refractivity contribution in [3.63, 3.8) is 0 Å². The van der Waals surface area contributed by atoms with Gasteiger partial charge in [-0.05, 0) is 42.3 Å². The first kappa shape index (κ1) is 14.8. The summed E-state index contributed by atoms with van der Waals surface area (Å²) in [4.78, 5) is 0. The van der Waals surface area contributed by atoms with Gasteiger partial charge in [0, 0.05) is 11.4 Å². The minimum absolute atomic E-state index is 0.324. The van der Waals surface area contributed by atoms with Crippen molar-refractivity contribution in [2.45, 2.75) is 19.4 Å². The van der Waals surface area contributed by atoms with Crippen molar-refractivity contribution in [1.29, 1.82) is 0 Å². The van der Waals surface area contributed by atoms with Crippen LogP contribution in [0.25, 0.3) is 0 Å². The molecule has 0 aromatic heterocycles. The molecule has 0 aliphatic heterocycles. The van der Waals surface area contributed by atoms with Gasteiger partial charge >= 0.3 is 0 Å². The van der Waals surface area contributed by atoms with E-state index in [1.807, 2.05) is 25.1 Å². The fourth-order valence-electron chi connectivity index (χ4n) is 1.99. The Morgan fingerprint density at radius 1 is 1.25 bits per heavy atom. The number of benzene rings is 2. The highest BCUT2D eigenvalue weighted by atomic mass is 35.5. The summed E-state index contributed by atoms with van der Waals surface area (Å²) in [5.74, 6) is 0.334. The van der Waals surface area contributed by atoms with E-state index in [0.717, 1.165) is 5.56 Å². The first-order chi connectivity index (χ1) is 9.60. The molecule has 0 radical (unpaired) electrons. The molecule has 2 aromatic rings. The summed E-state index contributed by atoms with van der Waals surface area (Å²) in [6.07, 6.45) is -0.382. The molecule has 20 heavy (non-hydrogen) atoms. The van der Waals surface area contributed by atoms with Crippen LogP contribution in [0, 0.1) is 5.82 Å². The van der Waals surface area contributed by atoms with Crippen LogP contribution >= 0.6 is 11.6 Å². The highest BCUT2D eigenvalue weighted by Gasteiger charge is 2.12. The maximum Gasteiger partial charge on any atom is 0.124 e. The van der Waals surface area contributed by atoms with Crippen molar-refractivity contribution in [1.82, 2.24) is 0 Å². The minimum Gasteiger partial charge on any atom is -0.494 e. The lowest BCUT2D eigenvalue weighted by Gasteiger charge is -2.13. The molecule has 0 spiro atoms. The smallest absolute Gasteiger partial charge is 0.124 e. The number of aliphatic hydroxyl groups is 1. The fraction of sp³-hybridized carbons (Fsp3) is 0.250. The standard InChI is InChI=1S/C16H16ClFO2/c1-2-20-14-5-3-4-12(8-14)16(19)9-11-6-7-13(18)10-15(11)17/h3-8,10,16,19H,2,9H2,1H3. The van der Waals surface area contributed by atoms with Crippen molar-refractivity contribution < 1.29 is 14.2 Å². The van der Waals surface area contributed by atoms with Gasteiger partial charge in [-0.1, -0.05) is 29.8 Å². The molecule has 0 saturated heterocycles. The van der Waals surface area contributed by atoms with E-state index >= 15 is 0 Å². The molecule has 0 bridgehead atoms. The van der Waals surface area contributed by atoms with Gasteiger partial charge in [-0.3, -0.25) is 0 Å². The van der Waals surface area contributed by atoms with E-state index in [2.05, 4.69) is 0 Å². The molecule has 1 N–H and O–H groups in total. The van der Waals surface area contributed by atoms with Gasteiger partial charge in [0.25, 0.3) is 0 Å². The Bertz CT molecular complexity index is 586. The second kappa shape index (κ2) is 6.73. The Labute approximate surface area is 122 Å². The summed E-state index contributed by atoms with van der Waals surface area (Å²) in [5, 5.41) is 10.6. The van der Waals surface area contributed by atoms with Gasteiger partial charge in [0.15, 0.2) is 0 Å². The second-order valence-corrected chi connectivity index (χ2v) is 4.87. The van der Waals surface area contributed by atoms with E-state index < -0.39 is 6.10 Å². The molecule has 0 aliphatic rings. The van der Waals surface area contributed by atoms with E-state index in [0.29, 0.717) is 29.4 Å². The first-order valence-corrected chi connectivity index (χ1v) is 6.82. The molecule has 2 nitrogen and oxygen atoms in total. The van der Waals surface area contributed by atoms with Gasteiger partial charge in [-0.15, -0.1) is 0 Å². The highest BCUT2D eigenvalue weighted by molar-refractivity contribution is 6.31. The molecule has 106 valence electrons. The highest BCUT2D eigenvalue weighted by Crippen LogP contribution is 2.26. The molecule has 1 atom stereocenters. The lowest BCUT2D eigenvalue weighted by atomic mass is 10.0. The zero-order chi connectivity index (χ0) is 14.5. The molecule has 1 unspecified atom stereocenters. The average Bonchev–Trinajstić information content (AvgIpc) is 2.42.